The molecule has 0 spiro atoms. The fourth-order valence-electron chi connectivity index (χ4n) is 3.69. The summed E-state index contributed by atoms with van der Waals surface area (Å²) in [5, 5.41) is 7.14. The van der Waals surface area contributed by atoms with Gasteiger partial charge >= 0.3 is 6.03 Å². The summed E-state index contributed by atoms with van der Waals surface area (Å²) in [7, 11) is 0. The van der Waals surface area contributed by atoms with Crippen molar-refractivity contribution in [2.24, 2.45) is 0 Å². The van der Waals surface area contributed by atoms with Crippen LogP contribution < -0.4 is 10.6 Å². The van der Waals surface area contributed by atoms with Gasteiger partial charge in [-0.3, -0.25) is 4.98 Å². The maximum atomic E-state index is 12.6. The molecule has 0 aliphatic heterocycles. The van der Waals surface area contributed by atoms with Gasteiger partial charge in [-0.25, -0.2) is 4.79 Å². The van der Waals surface area contributed by atoms with E-state index in [-0.39, 0.29) is 11.9 Å². The number of benzene rings is 2. The van der Waals surface area contributed by atoms with Crippen LogP contribution in [0.15, 0.2) is 73.2 Å². The Morgan fingerprint density at radius 3 is 2.76 bits per heavy atom. The third-order valence-corrected chi connectivity index (χ3v) is 5.18. The highest BCUT2D eigenvalue weighted by Gasteiger charge is 2.19. The van der Waals surface area contributed by atoms with Gasteiger partial charge in [0.2, 0.25) is 0 Å². The Bertz CT molecular complexity index is 1130. The molecule has 2 aromatic heterocycles. The molecule has 0 aliphatic rings. The Morgan fingerprint density at radius 2 is 1.97 bits per heavy atom. The number of pyridine rings is 1. The molecule has 5 nitrogen and oxygen atoms in total. The smallest absolute Gasteiger partial charge is 0.319 e. The average Bonchev–Trinajstić information content (AvgIpc) is 3.15. The van der Waals surface area contributed by atoms with Crippen molar-refractivity contribution < 1.29 is 4.79 Å². The van der Waals surface area contributed by atoms with Crippen molar-refractivity contribution in [3.05, 3.63) is 95.4 Å². The summed E-state index contributed by atoms with van der Waals surface area (Å²) in [6, 6.07) is 17.9. The van der Waals surface area contributed by atoms with Gasteiger partial charge in [-0.05, 0) is 48.7 Å². The number of urea groups is 1. The van der Waals surface area contributed by atoms with Crippen LogP contribution in [0.3, 0.4) is 0 Å². The highest BCUT2D eigenvalue weighted by Crippen LogP contribution is 2.30. The predicted octanol–water partition coefficient (Wildman–Crippen LogP) is 5.13. The molecule has 2 heterocycles. The Kier molecular flexibility index (Phi) is 5.29. The van der Waals surface area contributed by atoms with Crippen LogP contribution in [0, 0.1) is 13.8 Å². The Morgan fingerprint density at radius 1 is 1.10 bits per heavy atom. The van der Waals surface area contributed by atoms with E-state index < -0.39 is 0 Å². The molecule has 0 bridgehead atoms. The number of hydrogen-bond acceptors (Lipinski definition) is 2. The summed E-state index contributed by atoms with van der Waals surface area (Å²) in [6.45, 7) is 4.49. The molecular formula is C24H24N4O. The second kappa shape index (κ2) is 8.19. The Hall–Kier alpha value is -3.60. The van der Waals surface area contributed by atoms with Crippen LogP contribution in [-0.4, -0.2) is 22.5 Å². The largest absolute Gasteiger partial charge is 0.361 e. The topological polar surface area (TPSA) is 69.8 Å². The zero-order valence-corrected chi connectivity index (χ0v) is 16.6. The summed E-state index contributed by atoms with van der Waals surface area (Å²) in [5.74, 6) is -0.00952. The van der Waals surface area contributed by atoms with E-state index in [9.17, 15) is 4.79 Å². The quantitative estimate of drug-likeness (QED) is 0.446. The number of H-pyrrole nitrogens is 1. The average molecular weight is 384 g/mol. The molecule has 0 radical (unpaired) electrons. The number of hydrogen-bond donors (Lipinski definition) is 3. The summed E-state index contributed by atoms with van der Waals surface area (Å²) in [4.78, 5) is 20.2. The number of aryl methyl sites for hydroxylation is 2. The Balaban J connectivity index is 1.55. The Labute approximate surface area is 170 Å². The zero-order chi connectivity index (χ0) is 20.2. The monoisotopic (exact) mass is 384 g/mol. The minimum Gasteiger partial charge on any atom is -0.361 e. The normalized spacial score (nSPS) is 11.9. The molecule has 29 heavy (non-hydrogen) atoms. The third-order valence-electron chi connectivity index (χ3n) is 5.18. The molecule has 2 aromatic carbocycles. The van der Waals surface area contributed by atoms with Gasteiger partial charge in [0.1, 0.15) is 0 Å². The summed E-state index contributed by atoms with van der Waals surface area (Å²) >= 11 is 0. The first-order valence-electron chi connectivity index (χ1n) is 9.70. The zero-order valence-electron chi connectivity index (χ0n) is 16.6. The lowest BCUT2D eigenvalue weighted by Crippen LogP contribution is -2.33. The molecular weight excluding hydrogens is 360 g/mol. The van der Waals surface area contributed by atoms with E-state index in [4.69, 9.17) is 0 Å². The number of para-hydroxylation sites is 1. The van der Waals surface area contributed by atoms with Crippen molar-refractivity contribution >= 4 is 22.6 Å². The highest BCUT2D eigenvalue weighted by atomic mass is 16.2. The molecule has 2 amide bonds. The van der Waals surface area contributed by atoms with E-state index >= 15 is 0 Å². The van der Waals surface area contributed by atoms with Crippen LogP contribution in [0.1, 0.15) is 28.2 Å². The molecule has 3 N–H and O–H groups in total. The minimum absolute atomic E-state index is 0.00952. The van der Waals surface area contributed by atoms with Crippen LogP contribution >= 0.6 is 0 Å². The fraction of sp³-hybridized carbons (Fsp3) is 0.167. The van der Waals surface area contributed by atoms with Gasteiger partial charge < -0.3 is 15.6 Å². The third kappa shape index (κ3) is 4.14. The molecule has 4 rings (SSSR count). The summed E-state index contributed by atoms with van der Waals surface area (Å²) in [5.41, 5.74) is 6.31. The van der Waals surface area contributed by atoms with Gasteiger partial charge in [0.05, 0.1) is 0 Å². The van der Waals surface area contributed by atoms with Crippen molar-refractivity contribution in [3.8, 4) is 0 Å². The first-order valence-corrected chi connectivity index (χ1v) is 9.70. The second-order valence-corrected chi connectivity index (χ2v) is 7.28. The molecule has 5 heteroatoms. The van der Waals surface area contributed by atoms with Crippen LogP contribution in [0.5, 0.6) is 0 Å². The van der Waals surface area contributed by atoms with Crippen LogP contribution in [0.4, 0.5) is 10.5 Å². The van der Waals surface area contributed by atoms with Crippen LogP contribution in [0.25, 0.3) is 10.9 Å². The lowest BCUT2D eigenvalue weighted by molar-refractivity contribution is 0.252. The maximum Gasteiger partial charge on any atom is 0.319 e. The number of carbonyl (C=O) groups excluding carboxylic acids is 1. The van der Waals surface area contributed by atoms with Gasteiger partial charge in [0.25, 0.3) is 0 Å². The number of nitrogens with zero attached hydrogens (tertiary/aromatic N) is 1. The number of amides is 2. The number of aromatic nitrogens is 2. The molecule has 1 unspecified atom stereocenters. The molecule has 0 fully saturated rings. The van der Waals surface area contributed by atoms with E-state index in [0.29, 0.717) is 6.54 Å². The number of nitrogens with one attached hydrogen (secondary N) is 3. The number of anilines is 1. The maximum absolute atomic E-state index is 12.6. The highest BCUT2D eigenvalue weighted by molar-refractivity contribution is 5.90. The van der Waals surface area contributed by atoms with Crippen LogP contribution in [-0.2, 0) is 0 Å². The number of aromatic amines is 1. The van der Waals surface area contributed by atoms with Crippen molar-refractivity contribution in [3.63, 3.8) is 0 Å². The van der Waals surface area contributed by atoms with E-state index in [2.05, 4.69) is 38.8 Å². The fourth-order valence-corrected chi connectivity index (χ4v) is 3.69. The molecule has 4 aromatic rings. The lowest BCUT2D eigenvalue weighted by atomic mass is 9.92. The lowest BCUT2D eigenvalue weighted by Gasteiger charge is -2.18. The van der Waals surface area contributed by atoms with Gasteiger partial charge in [0, 0.05) is 47.6 Å². The molecule has 0 saturated carbocycles. The first-order chi connectivity index (χ1) is 14.1. The van der Waals surface area contributed by atoms with Gasteiger partial charge in [-0.15, -0.1) is 0 Å². The van der Waals surface area contributed by atoms with E-state index in [1.54, 1.807) is 6.20 Å². The SMILES string of the molecule is Cc1ccc(NC(=O)NCC(c2cccnc2)c2c[nH]c3ccccc23)c(C)c1. The van der Waals surface area contributed by atoms with E-state index in [0.717, 1.165) is 33.3 Å². The predicted molar refractivity (Wildman–Crippen MR) is 117 cm³/mol. The van der Waals surface area contributed by atoms with Gasteiger partial charge in [-0.2, -0.15) is 0 Å². The molecule has 0 saturated heterocycles. The van der Waals surface area contributed by atoms with Gasteiger partial charge in [-0.1, -0.05) is 42.0 Å². The van der Waals surface area contributed by atoms with Crippen molar-refractivity contribution in [1.82, 2.24) is 15.3 Å². The van der Waals surface area contributed by atoms with Crippen molar-refractivity contribution in [2.45, 2.75) is 19.8 Å². The second-order valence-electron chi connectivity index (χ2n) is 7.28. The van der Waals surface area contributed by atoms with Crippen molar-refractivity contribution in [1.29, 1.82) is 0 Å². The van der Waals surface area contributed by atoms with Gasteiger partial charge in [0.15, 0.2) is 0 Å². The molecule has 146 valence electrons. The van der Waals surface area contributed by atoms with E-state index in [1.165, 1.54) is 5.56 Å². The minimum atomic E-state index is -0.217. The summed E-state index contributed by atoms with van der Waals surface area (Å²) < 4.78 is 0. The number of rotatable bonds is 5. The molecule has 0 aliphatic carbocycles. The van der Waals surface area contributed by atoms with E-state index in [1.807, 2.05) is 62.6 Å². The standard InChI is InChI=1S/C24H24N4O/c1-16-9-10-22(17(2)12-16)28-24(29)27-14-20(18-6-5-11-25-13-18)21-15-26-23-8-4-3-7-19(21)23/h3-13,15,20,26H,14H2,1-2H3,(H2,27,28,29). The number of fused-ring (bicyclic) bond motifs is 1. The summed E-state index contributed by atoms with van der Waals surface area (Å²) in [6.07, 6.45) is 5.64. The van der Waals surface area contributed by atoms with Crippen molar-refractivity contribution in [2.75, 3.05) is 11.9 Å². The number of carbonyl (C=O) groups is 1. The first kappa shape index (κ1) is 18.7. The van der Waals surface area contributed by atoms with Crippen LogP contribution in [0.2, 0.25) is 0 Å². The molecule has 1 atom stereocenters.